The first kappa shape index (κ1) is 15.0. The Kier molecular flexibility index (Phi) is 4.80. The third kappa shape index (κ3) is 4.52. The summed E-state index contributed by atoms with van der Waals surface area (Å²) in [6.45, 7) is 0. The van der Waals surface area contributed by atoms with Crippen LogP contribution < -0.4 is 0 Å². The highest BCUT2D eigenvalue weighted by Gasteiger charge is 2.02. The fourth-order valence-electron chi connectivity index (χ4n) is 2.23. The molecule has 4 heteroatoms. The van der Waals surface area contributed by atoms with Gasteiger partial charge in [0.25, 0.3) is 0 Å². The van der Waals surface area contributed by atoms with Crippen molar-refractivity contribution in [1.82, 2.24) is 15.2 Å². The monoisotopic (exact) mass is 305 g/mol. The molecule has 1 aromatic carbocycles. The maximum atomic E-state index is 12.9. The number of hydrogen-bond acceptors (Lipinski definition) is 2. The van der Waals surface area contributed by atoms with Gasteiger partial charge in [0.05, 0.1) is 5.69 Å². The van der Waals surface area contributed by atoms with Crippen LogP contribution in [0.15, 0.2) is 54.7 Å². The predicted molar refractivity (Wildman–Crippen MR) is 87.2 cm³/mol. The van der Waals surface area contributed by atoms with E-state index < -0.39 is 0 Å². The lowest BCUT2D eigenvalue weighted by atomic mass is 10.1. The van der Waals surface area contributed by atoms with E-state index >= 15 is 0 Å². The third-order valence-corrected chi connectivity index (χ3v) is 3.38. The first-order valence-electron chi connectivity index (χ1n) is 7.47. The van der Waals surface area contributed by atoms with Gasteiger partial charge in [0.2, 0.25) is 0 Å². The van der Waals surface area contributed by atoms with Gasteiger partial charge in [-0.3, -0.25) is 5.10 Å². The summed E-state index contributed by atoms with van der Waals surface area (Å²) in [7, 11) is 0. The molecule has 2 aromatic heterocycles. The predicted octanol–water partition coefficient (Wildman–Crippen LogP) is 3.52. The number of rotatable bonds is 4. The van der Waals surface area contributed by atoms with Crippen LogP contribution in [-0.4, -0.2) is 15.2 Å². The largest absolute Gasteiger partial charge is 0.282 e. The number of benzene rings is 1. The maximum Gasteiger partial charge on any atom is 0.123 e. The molecule has 0 saturated heterocycles. The van der Waals surface area contributed by atoms with Crippen molar-refractivity contribution in [2.24, 2.45) is 0 Å². The van der Waals surface area contributed by atoms with Crippen LogP contribution in [-0.2, 0) is 12.8 Å². The second-order valence-electron chi connectivity index (χ2n) is 5.20. The molecule has 0 saturated carbocycles. The van der Waals surface area contributed by atoms with Crippen molar-refractivity contribution in [3.63, 3.8) is 0 Å². The van der Waals surface area contributed by atoms with E-state index in [0.29, 0.717) is 6.42 Å². The van der Waals surface area contributed by atoms with Crippen molar-refractivity contribution in [2.45, 2.75) is 19.3 Å². The highest BCUT2D eigenvalue weighted by Crippen LogP contribution is 2.10. The molecule has 0 radical (unpaired) electrons. The van der Waals surface area contributed by atoms with Gasteiger partial charge in [-0.2, -0.15) is 5.10 Å². The van der Waals surface area contributed by atoms with Crippen LogP contribution in [0, 0.1) is 17.7 Å². The van der Waals surface area contributed by atoms with Crippen LogP contribution in [0.3, 0.4) is 0 Å². The Balaban J connectivity index is 1.53. The zero-order chi connectivity index (χ0) is 15.9. The van der Waals surface area contributed by atoms with E-state index in [0.717, 1.165) is 35.5 Å². The number of nitrogens with one attached hydrogen (secondary N) is 1. The van der Waals surface area contributed by atoms with Gasteiger partial charge < -0.3 is 0 Å². The molecule has 0 atom stereocenters. The van der Waals surface area contributed by atoms with Crippen LogP contribution >= 0.6 is 0 Å². The van der Waals surface area contributed by atoms with Gasteiger partial charge >= 0.3 is 0 Å². The lowest BCUT2D eigenvalue weighted by Gasteiger charge is -1.97. The Hall–Kier alpha value is -2.93. The van der Waals surface area contributed by atoms with E-state index in [1.807, 2.05) is 24.3 Å². The van der Waals surface area contributed by atoms with Gasteiger partial charge in [-0.05, 0) is 41.8 Å². The number of H-pyrrole nitrogens is 1. The van der Waals surface area contributed by atoms with E-state index in [1.54, 1.807) is 18.3 Å². The smallest absolute Gasteiger partial charge is 0.123 e. The van der Waals surface area contributed by atoms with Gasteiger partial charge in [0.1, 0.15) is 11.5 Å². The molecule has 2 heterocycles. The Labute approximate surface area is 134 Å². The summed E-state index contributed by atoms with van der Waals surface area (Å²) in [6, 6.07) is 14.2. The SMILES string of the molecule is Fc1ccc(Cc2cc(CCC#Cc3ccccn3)n[nH]2)cc1. The van der Waals surface area contributed by atoms with Crippen molar-refractivity contribution < 1.29 is 4.39 Å². The summed E-state index contributed by atoms with van der Waals surface area (Å²) >= 11 is 0. The van der Waals surface area contributed by atoms with Gasteiger partial charge in [-0.15, -0.1) is 0 Å². The summed E-state index contributed by atoms with van der Waals surface area (Å²) in [5, 5.41) is 7.32. The summed E-state index contributed by atoms with van der Waals surface area (Å²) in [4.78, 5) is 4.16. The Morgan fingerprint density at radius 2 is 1.96 bits per heavy atom. The first-order valence-corrected chi connectivity index (χ1v) is 7.47. The van der Waals surface area contributed by atoms with Gasteiger partial charge in [-0.25, -0.2) is 9.37 Å². The molecule has 0 fully saturated rings. The molecule has 1 N–H and O–H groups in total. The van der Waals surface area contributed by atoms with Crippen molar-refractivity contribution in [3.8, 4) is 11.8 Å². The molecule has 3 nitrogen and oxygen atoms in total. The van der Waals surface area contributed by atoms with Gasteiger partial charge in [0.15, 0.2) is 0 Å². The molecule has 0 spiro atoms. The van der Waals surface area contributed by atoms with Crippen molar-refractivity contribution in [1.29, 1.82) is 0 Å². The van der Waals surface area contributed by atoms with Crippen LogP contribution in [0.1, 0.15) is 29.1 Å². The summed E-state index contributed by atoms with van der Waals surface area (Å²) < 4.78 is 12.9. The fraction of sp³-hybridized carbons (Fsp3) is 0.158. The minimum absolute atomic E-state index is 0.217. The van der Waals surface area contributed by atoms with Crippen LogP contribution in [0.4, 0.5) is 4.39 Å². The molecule has 23 heavy (non-hydrogen) atoms. The van der Waals surface area contributed by atoms with Crippen LogP contribution in [0.25, 0.3) is 0 Å². The highest BCUT2D eigenvalue weighted by molar-refractivity contribution is 5.27. The molecule has 0 bridgehead atoms. The van der Waals surface area contributed by atoms with Crippen LogP contribution in [0.2, 0.25) is 0 Å². The van der Waals surface area contributed by atoms with E-state index in [1.165, 1.54) is 12.1 Å². The molecule has 0 amide bonds. The quantitative estimate of drug-likeness (QED) is 0.749. The molecule has 0 aliphatic rings. The number of halogens is 1. The number of nitrogens with zero attached hydrogens (tertiary/aromatic N) is 2. The summed E-state index contributed by atoms with van der Waals surface area (Å²) in [6.07, 6.45) is 3.98. The summed E-state index contributed by atoms with van der Waals surface area (Å²) in [5.74, 6) is 5.92. The van der Waals surface area contributed by atoms with E-state index in [9.17, 15) is 4.39 Å². The number of pyridine rings is 1. The molecular formula is C19H16FN3. The molecule has 0 aliphatic carbocycles. The lowest BCUT2D eigenvalue weighted by molar-refractivity contribution is 0.627. The zero-order valence-corrected chi connectivity index (χ0v) is 12.6. The van der Waals surface area contributed by atoms with Crippen molar-refractivity contribution in [3.05, 3.63) is 83.2 Å². The number of aromatic nitrogens is 3. The standard InChI is InChI=1S/C19H16FN3/c20-16-10-8-15(9-11-16)13-19-14-18(22-23-19)7-2-1-5-17-6-3-4-12-21-17/h3-4,6,8-12,14H,2,7,13H2,(H,22,23). The van der Waals surface area contributed by atoms with E-state index in [4.69, 9.17) is 0 Å². The number of aromatic amines is 1. The first-order chi connectivity index (χ1) is 11.3. The maximum absolute atomic E-state index is 12.9. The zero-order valence-electron chi connectivity index (χ0n) is 12.6. The Bertz CT molecular complexity index is 811. The normalized spacial score (nSPS) is 10.1. The topological polar surface area (TPSA) is 41.6 Å². The average Bonchev–Trinajstić information content (AvgIpc) is 3.02. The van der Waals surface area contributed by atoms with E-state index in [-0.39, 0.29) is 5.82 Å². The average molecular weight is 305 g/mol. The number of hydrogen-bond donors (Lipinski definition) is 1. The molecule has 0 unspecified atom stereocenters. The second kappa shape index (κ2) is 7.37. The van der Waals surface area contributed by atoms with Gasteiger partial charge in [0, 0.05) is 31.2 Å². The highest BCUT2D eigenvalue weighted by atomic mass is 19.1. The third-order valence-electron chi connectivity index (χ3n) is 3.38. The molecule has 3 rings (SSSR count). The van der Waals surface area contributed by atoms with Crippen molar-refractivity contribution >= 4 is 0 Å². The summed E-state index contributed by atoms with van der Waals surface area (Å²) in [5.41, 5.74) is 3.84. The number of aryl methyl sites for hydroxylation is 1. The van der Waals surface area contributed by atoms with Gasteiger partial charge in [-0.1, -0.05) is 24.1 Å². The molecule has 0 aliphatic heterocycles. The Morgan fingerprint density at radius 1 is 1.09 bits per heavy atom. The van der Waals surface area contributed by atoms with Crippen molar-refractivity contribution in [2.75, 3.05) is 0 Å². The van der Waals surface area contributed by atoms with Crippen LogP contribution in [0.5, 0.6) is 0 Å². The second-order valence-corrected chi connectivity index (χ2v) is 5.20. The fourth-order valence-corrected chi connectivity index (χ4v) is 2.23. The molecule has 114 valence electrons. The lowest BCUT2D eigenvalue weighted by Crippen LogP contribution is -1.88. The molecule has 3 aromatic rings. The minimum Gasteiger partial charge on any atom is -0.282 e. The van der Waals surface area contributed by atoms with E-state index in [2.05, 4.69) is 27.0 Å². The Morgan fingerprint density at radius 3 is 2.74 bits per heavy atom. The minimum atomic E-state index is -0.217. The molecular weight excluding hydrogens is 289 g/mol.